The highest BCUT2D eigenvalue weighted by Gasteiger charge is 2.39. The maximum Gasteiger partial charge on any atom is 0.335 e. The van der Waals surface area contributed by atoms with Crippen molar-refractivity contribution in [3.8, 4) is 0 Å². The van der Waals surface area contributed by atoms with Gasteiger partial charge in [-0.2, -0.15) is 0 Å². The van der Waals surface area contributed by atoms with Crippen LogP contribution in [0.5, 0.6) is 0 Å². The number of benzene rings is 2. The molecule has 0 saturated heterocycles. The number of Topliss-reactive ketones (excluding diaryl/α,β-unsaturated/α-hetero) is 1. The summed E-state index contributed by atoms with van der Waals surface area (Å²) in [5.41, 5.74) is -2.15. The van der Waals surface area contributed by atoms with Gasteiger partial charge in [-0.15, -0.1) is 0 Å². The van der Waals surface area contributed by atoms with Crippen molar-refractivity contribution in [1.82, 2.24) is 0 Å². The maximum absolute atomic E-state index is 12.1. The number of carboxylic acid groups (broad SMARTS) is 2. The van der Waals surface area contributed by atoms with Gasteiger partial charge in [0.25, 0.3) is 0 Å². The molecule has 2 aromatic carbocycles. The fraction of sp³-hybridized carbons (Fsp3) is 0.118. The molecule has 0 saturated carbocycles. The Hall–Kier alpha value is -3.03. The standard InChI is InChI=1S/C17H14O7/c18-9-14(19)17(24,12-5-1-10(2-6-12)15(20)21)13-7-3-11(4-8-13)16(22)23/h1-8,18,24H,9H2,(H,20,21)(H,22,23). The van der Waals surface area contributed by atoms with Gasteiger partial charge < -0.3 is 20.4 Å². The van der Waals surface area contributed by atoms with Gasteiger partial charge in [0.2, 0.25) is 0 Å². The first-order chi connectivity index (χ1) is 11.3. The van der Waals surface area contributed by atoms with E-state index in [1.165, 1.54) is 48.5 Å². The third-order valence-corrected chi connectivity index (χ3v) is 3.65. The predicted octanol–water partition coefficient (Wildman–Crippen LogP) is 0.880. The molecule has 24 heavy (non-hydrogen) atoms. The quantitative estimate of drug-likeness (QED) is 0.618. The Balaban J connectivity index is 2.55. The molecule has 2 rings (SSSR count). The van der Waals surface area contributed by atoms with Gasteiger partial charge in [-0.3, -0.25) is 4.79 Å². The summed E-state index contributed by atoms with van der Waals surface area (Å²) < 4.78 is 0. The lowest BCUT2D eigenvalue weighted by atomic mass is 9.82. The van der Waals surface area contributed by atoms with Crippen molar-refractivity contribution in [2.45, 2.75) is 5.60 Å². The van der Waals surface area contributed by atoms with Crippen LogP contribution in [0.3, 0.4) is 0 Å². The van der Waals surface area contributed by atoms with Crippen molar-refractivity contribution in [3.63, 3.8) is 0 Å². The normalized spacial score (nSPS) is 11.1. The zero-order valence-electron chi connectivity index (χ0n) is 12.3. The fourth-order valence-corrected chi connectivity index (χ4v) is 2.31. The second-order valence-electron chi connectivity index (χ2n) is 5.06. The number of carbonyl (C=O) groups excluding carboxylic acids is 1. The number of ketones is 1. The minimum Gasteiger partial charge on any atom is -0.478 e. The molecular weight excluding hydrogens is 316 g/mol. The number of rotatable bonds is 6. The molecule has 0 spiro atoms. The van der Waals surface area contributed by atoms with E-state index < -0.39 is 29.9 Å². The molecule has 0 aromatic heterocycles. The van der Waals surface area contributed by atoms with Gasteiger partial charge in [0.1, 0.15) is 6.61 Å². The Morgan fingerprint density at radius 1 is 0.750 bits per heavy atom. The van der Waals surface area contributed by atoms with E-state index in [9.17, 15) is 24.6 Å². The minimum absolute atomic E-state index is 0.0289. The van der Waals surface area contributed by atoms with Gasteiger partial charge >= 0.3 is 11.9 Å². The van der Waals surface area contributed by atoms with E-state index in [-0.39, 0.29) is 22.3 Å². The van der Waals surface area contributed by atoms with Crippen LogP contribution in [0.25, 0.3) is 0 Å². The van der Waals surface area contributed by atoms with E-state index >= 15 is 0 Å². The molecule has 7 heteroatoms. The van der Waals surface area contributed by atoms with Crippen LogP contribution in [0, 0.1) is 0 Å². The molecule has 0 unspecified atom stereocenters. The van der Waals surface area contributed by atoms with E-state index in [1.807, 2.05) is 0 Å². The number of aromatic carboxylic acids is 2. The number of hydrogen-bond acceptors (Lipinski definition) is 5. The molecule has 4 N–H and O–H groups in total. The SMILES string of the molecule is O=C(O)c1ccc(C(O)(C(=O)CO)c2ccc(C(=O)O)cc2)cc1. The van der Waals surface area contributed by atoms with Crippen LogP contribution in [0.2, 0.25) is 0 Å². The average molecular weight is 330 g/mol. The molecule has 124 valence electrons. The topological polar surface area (TPSA) is 132 Å². The molecule has 0 heterocycles. The molecular formula is C17H14O7. The molecule has 0 aliphatic heterocycles. The smallest absolute Gasteiger partial charge is 0.335 e. The molecule has 0 aliphatic carbocycles. The third kappa shape index (κ3) is 3.03. The Labute approximate surface area is 136 Å². The largest absolute Gasteiger partial charge is 0.478 e. The van der Waals surface area contributed by atoms with Crippen LogP contribution in [-0.2, 0) is 10.4 Å². The average Bonchev–Trinajstić information content (AvgIpc) is 2.60. The van der Waals surface area contributed by atoms with Crippen molar-refractivity contribution in [1.29, 1.82) is 0 Å². The highest BCUT2D eigenvalue weighted by Crippen LogP contribution is 2.31. The maximum atomic E-state index is 12.1. The van der Waals surface area contributed by atoms with Crippen molar-refractivity contribution in [2.24, 2.45) is 0 Å². The number of hydrogen-bond donors (Lipinski definition) is 4. The van der Waals surface area contributed by atoms with E-state index in [4.69, 9.17) is 10.2 Å². The summed E-state index contributed by atoms with van der Waals surface area (Å²) in [6.45, 7) is -0.947. The molecule has 0 atom stereocenters. The van der Waals surface area contributed by atoms with Gasteiger partial charge in [-0.1, -0.05) is 24.3 Å². The van der Waals surface area contributed by atoms with Crippen LogP contribution >= 0.6 is 0 Å². The molecule has 2 aromatic rings. The molecule has 0 bridgehead atoms. The van der Waals surface area contributed by atoms with E-state index in [0.29, 0.717) is 0 Å². The Morgan fingerprint density at radius 3 is 1.33 bits per heavy atom. The van der Waals surface area contributed by atoms with Crippen molar-refractivity contribution in [3.05, 3.63) is 70.8 Å². The molecule has 7 nitrogen and oxygen atoms in total. The zero-order chi connectivity index (χ0) is 17.9. The van der Waals surface area contributed by atoms with E-state index in [0.717, 1.165) is 0 Å². The van der Waals surface area contributed by atoms with Gasteiger partial charge in [0.15, 0.2) is 11.4 Å². The van der Waals surface area contributed by atoms with Crippen LogP contribution in [0.4, 0.5) is 0 Å². The fourth-order valence-electron chi connectivity index (χ4n) is 2.31. The molecule has 0 amide bonds. The van der Waals surface area contributed by atoms with Crippen molar-refractivity contribution in [2.75, 3.05) is 6.61 Å². The van der Waals surface area contributed by atoms with E-state index in [1.54, 1.807) is 0 Å². The molecule has 0 aliphatic rings. The number of aliphatic hydroxyl groups is 2. The lowest BCUT2D eigenvalue weighted by molar-refractivity contribution is -0.137. The van der Waals surface area contributed by atoms with Gasteiger partial charge in [0, 0.05) is 0 Å². The Morgan fingerprint density at radius 2 is 1.08 bits per heavy atom. The second-order valence-corrected chi connectivity index (χ2v) is 5.06. The van der Waals surface area contributed by atoms with Gasteiger partial charge in [0.05, 0.1) is 11.1 Å². The summed E-state index contributed by atoms with van der Waals surface area (Å²) in [4.78, 5) is 33.9. The van der Waals surface area contributed by atoms with Crippen LogP contribution < -0.4 is 0 Å². The Kier molecular flexibility index (Phi) is 4.77. The number of aliphatic hydroxyl groups excluding tert-OH is 1. The highest BCUT2D eigenvalue weighted by molar-refractivity contribution is 5.94. The lowest BCUT2D eigenvalue weighted by Gasteiger charge is -2.27. The molecule has 0 fully saturated rings. The zero-order valence-corrected chi connectivity index (χ0v) is 12.3. The summed E-state index contributed by atoms with van der Waals surface area (Å²) in [6, 6.07) is 9.95. The first-order valence-corrected chi connectivity index (χ1v) is 6.85. The van der Waals surface area contributed by atoms with E-state index in [2.05, 4.69) is 0 Å². The monoisotopic (exact) mass is 330 g/mol. The lowest BCUT2D eigenvalue weighted by Crippen LogP contribution is -2.39. The van der Waals surface area contributed by atoms with Crippen molar-refractivity contribution >= 4 is 17.7 Å². The number of carbonyl (C=O) groups is 3. The van der Waals surface area contributed by atoms with Gasteiger partial charge in [-0.25, -0.2) is 9.59 Å². The first kappa shape index (κ1) is 17.3. The summed E-state index contributed by atoms with van der Waals surface area (Å²) in [5, 5.41) is 37.9. The van der Waals surface area contributed by atoms with Crippen molar-refractivity contribution < 1.29 is 34.8 Å². The first-order valence-electron chi connectivity index (χ1n) is 6.85. The predicted molar refractivity (Wildman–Crippen MR) is 81.9 cm³/mol. The van der Waals surface area contributed by atoms with Crippen LogP contribution in [0.1, 0.15) is 31.8 Å². The summed E-state index contributed by atoms with van der Waals surface area (Å²) in [6.07, 6.45) is 0. The summed E-state index contributed by atoms with van der Waals surface area (Å²) in [5.74, 6) is -3.25. The van der Waals surface area contributed by atoms with Crippen LogP contribution in [-0.4, -0.2) is 44.8 Å². The minimum atomic E-state index is -2.22. The van der Waals surface area contributed by atoms with Crippen LogP contribution in [0.15, 0.2) is 48.5 Å². The third-order valence-electron chi connectivity index (χ3n) is 3.65. The highest BCUT2D eigenvalue weighted by atomic mass is 16.4. The number of carboxylic acids is 2. The second kappa shape index (κ2) is 6.61. The molecule has 0 radical (unpaired) electrons. The Bertz CT molecular complexity index is 718. The van der Waals surface area contributed by atoms with Gasteiger partial charge in [-0.05, 0) is 35.4 Å². The summed E-state index contributed by atoms with van der Waals surface area (Å²) in [7, 11) is 0. The summed E-state index contributed by atoms with van der Waals surface area (Å²) >= 11 is 0.